The highest BCUT2D eigenvalue weighted by Gasteiger charge is 2.19. The number of nitrogens with one attached hydrogen (secondary N) is 1. The number of hydrogen-bond acceptors (Lipinski definition) is 3. The topological polar surface area (TPSA) is 59.6 Å². The van der Waals surface area contributed by atoms with Crippen molar-refractivity contribution in [2.45, 2.75) is 6.54 Å². The average Bonchev–Trinajstić information content (AvgIpc) is 3.11. The number of anilines is 1. The lowest BCUT2D eigenvalue weighted by atomic mass is 10.1. The van der Waals surface area contributed by atoms with Crippen LogP contribution in [0, 0.1) is 0 Å². The molecule has 0 amide bonds. The Kier molecular flexibility index (Phi) is 4.15. The number of aromatic amines is 1. The van der Waals surface area contributed by atoms with E-state index in [4.69, 9.17) is 5.11 Å². The summed E-state index contributed by atoms with van der Waals surface area (Å²) in [7, 11) is 0. The van der Waals surface area contributed by atoms with E-state index in [0.29, 0.717) is 5.56 Å². The molecule has 0 aliphatic carbocycles. The lowest BCUT2D eigenvalue weighted by molar-refractivity contribution is 0.0696. The monoisotopic (exact) mass is 335 g/mol. The summed E-state index contributed by atoms with van der Waals surface area (Å²) in [6, 6.07) is 15.7. The minimum atomic E-state index is -0.869. The maximum absolute atomic E-state index is 11.1. The van der Waals surface area contributed by atoms with Crippen LogP contribution in [0.4, 0.5) is 5.69 Å². The van der Waals surface area contributed by atoms with E-state index in [-0.39, 0.29) is 0 Å². The summed E-state index contributed by atoms with van der Waals surface area (Å²) in [6.45, 7) is 4.69. The molecule has 1 fully saturated rings. The SMILES string of the molecule is O=C(O)c1cccc(CN2CCN(c3cccc4[nH]ccc34)CC2)c1. The molecular weight excluding hydrogens is 314 g/mol. The first kappa shape index (κ1) is 15.7. The first-order chi connectivity index (χ1) is 12.2. The van der Waals surface area contributed by atoms with E-state index in [2.05, 4.69) is 39.0 Å². The van der Waals surface area contributed by atoms with E-state index >= 15 is 0 Å². The molecule has 0 saturated carbocycles. The van der Waals surface area contributed by atoms with Crippen LogP contribution in [0.25, 0.3) is 10.9 Å². The van der Waals surface area contributed by atoms with Crippen LogP contribution in [0.1, 0.15) is 15.9 Å². The summed E-state index contributed by atoms with van der Waals surface area (Å²) in [5, 5.41) is 10.4. The standard InChI is InChI=1S/C20H21N3O2/c24-20(25)16-4-1-3-15(13-16)14-22-9-11-23(12-10-22)19-6-2-5-18-17(19)7-8-21-18/h1-8,13,21H,9-12,14H2,(H,24,25). The predicted molar refractivity (Wildman–Crippen MR) is 99.2 cm³/mol. The minimum absolute atomic E-state index is 0.357. The number of carbonyl (C=O) groups is 1. The maximum atomic E-state index is 11.1. The normalized spacial score (nSPS) is 15.6. The van der Waals surface area contributed by atoms with Crippen molar-refractivity contribution in [3.05, 3.63) is 65.9 Å². The van der Waals surface area contributed by atoms with Crippen molar-refractivity contribution in [2.75, 3.05) is 31.1 Å². The molecule has 0 atom stereocenters. The van der Waals surface area contributed by atoms with Crippen LogP contribution in [0.2, 0.25) is 0 Å². The third-order valence-corrected chi connectivity index (χ3v) is 4.87. The van der Waals surface area contributed by atoms with Gasteiger partial charge in [-0.2, -0.15) is 0 Å². The van der Waals surface area contributed by atoms with Gasteiger partial charge in [-0.15, -0.1) is 0 Å². The molecule has 5 heteroatoms. The number of fused-ring (bicyclic) bond motifs is 1. The minimum Gasteiger partial charge on any atom is -0.478 e. The Labute approximate surface area is 146 Å². The van der Waals surface area contributed by atoms with Gasteiger partial charge in [0.1, 0.15) is 0 Å². The summed E-state index contributed by atoms with van der Waals surface area (Å²) < 4.78 is 0. The molecule has 2 heterocycles. The second kappa shape index (κ2) is 6.61. The first-order valence-corrected chi connectivity index (χ1v) is 8.56. The van der Waals surface area contributed by atoms with Crippen LogP contribution in [0.5, 0.6) is 0 Å². The van der Waals surface area contributed by atoms with Gasteiger partial charge >= 0.3 is 5.97 Å². The zero-order chi connectivity index (χ0) is 17.2. The molecule has 25 heavy (non-hydrogen) atoms. The lowest BCUT2D eigenvalue weighted by Gasteiger charge is -2.36. The largest absolute Gasteiger partial charge is 0.478 e. The van der Waals surface area contributed by atoms with Gasteiger partial charge in [0.2, 0.25) is 0 Å². The number of carboxylic acids is 1. The Bertz CT molecular complexity index is 895. The molecule has 5 nitrogen and oxygen atoms in total. The third-order valence-electron chi connectivity index (χ3n) is 4.87. The number of piperazine rings is 1. The van der Waals surface area contributed by atoms with Crippen LogP contribution in [-0.2, 0) is 6.54 Å². The number of rotatable bonds is 4. The maximum Gasteiger partial charge on any atom is 0.335 e. The number of H-pyrrole nitrogens is 1. The average molecular weight is 335 g/mol. The van der Waals surface area contributed by atoms with Crippen LogP contribution in [0.15, 0.2) is 54.7 Å². The van der Waals surface area contributed by atoms with E-state index < -0.39 is 5.97 Å². The molecule has 0 radical (unpaired) electrons. The Morgan fingerprint density at radius 2 is 1.84 bits per heavy atom. The Balaban J connectivity index is 1.42. The van der Waals surface area contributed by atoms with Gasteiger partial charge < -0.3 is 15.0 Å². The highest BCUT2D eigenvalue weighted by Crippen LogP contribution is 2.27. The third kappa shape index (κ3) is 3.23. The molecule has 3 aromatic rings. The number of hydrogen-bond donors (Lipinski definition) is 2. The summed E-state index contributed by atoms with van der Waals surface area (Å²) in [5.74, 6) is -0.869. The molecule has 0 bridgehead atoms. The second-order valence-corrected chi connectivity index (χ2v) is 6.48. The smallest absolute Gasteiger partial charge is 0.335 e. The van der Waals surface area contributed by atoms with Gasteiger partial charge in [-0.3, -0.25) is 4.90 Å². The van der Waals surface area contributed by atoms with Gasteiger partial charge in [-0.05, 0) is 35.9 Å². The van der Waals surface area contributed by atoms with Crippen molar-refractivity contribution >= 4 is 22.6 Å². The number of aromatic carboxylic acids is 1. The fraction of sp³-hybridized carbons (Fsp3) is 0.250. The molecule has 1 aromatic heterocycles. The Morgan fingerprint density at radius 1 is 1.04 bits per heavy atom. The molecule has 4 rings (SSSR count). The van der Waals surface area contributed by atoms with Crippen molar-refractivity contribution in [1.82, 2.24) is 9.88 Å². The van der Waals surface area contributed by atoms with Crippen LogP contribution < -0.4 is 4.90 Å². The van der Waals surface area contributed by atoms with Crippen LogP contribution >= 0.6 is 0 Å². The predicted octanol–water partition coefficient (Wildman–Crippen LogP) is 3.19. The molecule has 128 valence electrons. The van der Waals surface area contributed by atoms with Crippen molar-refractivity contribution in [3.8, 4) is 0 Å². The summed E-state index contributed by atoms with van der Waals surface area (Å²) in [5.41, 5.74) is 3.87. The lowest BCUT2D eigenvalue weighted by Crippen LogP contribution is -2.46. The first-order valence-electron chi connectivity index (χ1n) is 8.56. The van der Waals surface area contributed by atoms with Gasteiger partial charge in [0.15, 0.2) is 0 Å². The molecule has 1 aliphatic heterocycles. The Hall–Kier alpha value is -2.79. The fourth-order valence-corrected chi connectivity index (χ4v) is 3.55. The quantitative estimate of drug-likeness (QED) is 0.769. The van der Waals surface area contributed by atoms with Crippen molar-refractivity contribution in [1.29, 1.82) is 0 Å². The van der Waals surface area contributed by atoms with E-state index in [1.807, 2.05) is 18.3 Å². The molecule has 1 aliphatic rings. The fourth-order valence-electron chi connectivity index (χ4n) is 3.55. The molecule has 0 spiro atoms. The summed E-state index contributed by atoms with van der Waals surface area (Å²) in [4.78, 5) is 19.2. The molecular formula is C20H21N3O2. The molecule has 0 unspecified atom stereocenters. The highest BCUT2D eigenvalue weighted by atomic mass is 16.4. The van der Waals surface area contributed by atoms with Crippen LogP contribution in [-0.4, -0.2) is 47.1 Å². The van der Waals surface area contributed by atoms with Gasteiger partial charge in [-0.25, -0.2) is 4.79 Å². The van der Waals surface area contributed by atoms with Gasteiger partial charge in [-0.1, -0.05) is 18.2 Å². The second-order valence-electron chi connectivity index (χ2n) is 6.48. The van der Waals surface area contributed by atoms with E-state index in [0.717, 1.165) is 38.3 Å². The van der Waals surface area contributed by atoms with Crippen molar-refractivity contribution in [2.24, 2.45) is 0 Å². The molecule has 2 aromatic carbocycles. The zero-order valence-corrected chi connectivity index (χ0v) is 14.0. The van der Waals surface area contributed by atoms with Gasteiger partial charge in [0.25, 0.3) is 0 Å². The zero-order valence-electron chi connectivity index (χ0n) is 14.0. The van der Waals surface area contributed by atoms with Crippen molar-refractivity contribution in [3.63, 3.8) is 0 Å². The number of carboxylic acid groups (broad SMARTS) is 1. The van der Waals surface area contributed by atoms with E-state index in [1.54, 1.807) is 12.1 Å². The van der Waals surface area contributed by atoms with Gasteiger partial charge in [0.05, 0.1) is 5.56 Å². The van der Waals surface area contributed by atoms with Crippen molar-refractivity contribution < 1.29 is 9.90 Å². The Morgan fingerprint density at radius 3 is 2.64 bits per heavy atom. The molecule has 2 N–H and O–H groups in total. The van der Waals surface area contributed by atoms with E-state index in [9.17, 15) is 4.79 Å². The number of nitrogens with zero attached hydrogens (tertiary/aromatic N) is 2. The van der Waals surface area contributed by atoms with Gasteiger partial charge in [0, 0.05) is 55.5 Å². The summed E-state index contributed by atoms with van der Waals surface area (Å²) in [6.07, 6.45) is 1.99. The number of benzene rings is 2. The van der Waals surface area contributed by atoms with E-state index in [1.165, 1.54) is 16.6 Å². The summed E-state index contributed by atoms with van der Waals surface area (Å²) >= 11 is 0. The van der Waals surface area contributed by atoms with Crippen LogP contribution in [0.3, 0.4) is 0 Å². The number of aromatic nitrogens is 1. The highest BCUT2D eigenvalue weighted by molar-refractivity contribution is 5.92. The molecule has 1 saturated heterocycles.